The highest BCUT2D eigenvalue weighted by Gasteiger charge is 2.48. The molecule has 168 valence electrons. The maximum atomic E-state index is 13.5. The first-order valence-corrected chi connectivity index (χ1v) is 11.7. The number of aliphatic imine (C=N–C) groups is 1. The fraction of sp³-hybridized carbons (Fsp3) is 0.320. The number of likely N-dealkylation sites (N-methyl/N-ethyl adjacent to an activating group) is 1. The smallest absolute Gasteiger partial charge is 0.239 e. The van der Waals surface area contributed by atoms with Crippen LogP contribution < -0.4 is 15.2 Å². The van der Waals surface area contributed by atoms with Crippen LogP contribution in [0.5, 0.6) is 11.5 Å². The van der Waals surface area contributed by atoms with Crippen molar-refractivity contribution in [1.82, 2.24) is 4.90 Å². The first kappa shape index (κ1) is 21.3. The minimum Gasteiger partial charge on any atom is -0.486 e. The minimum absolute atomic E-state index is 0.120. The number of thiophene rings is 1. The zero-order valence-corrected chi connectivity index (χ0v) is 19.3. The van der Waals surface area contributed by atoms with Crippen LogP contribution in [-0.2, 0) is 10.3 Å². The number of carbonyl (C=O) groups is 1. The Bertz CT molecular complexity index is 1250. The van der Waals surface area contributed by atoms with Crippen molar-refractivity contribution in [2.24, 2.45) is 10.7 Å². The number of guanidine groups is 1. The number of nitrogens with two attached hydrogens (primary N) is 1. The van der Waals surface area contributed by atoms with E-state index in [1.165, 1.54) is 4.90 Å². The van der Waals surface area contributed by atoms with Crippen LogP contribution in [0.1, 0.15) is 41.2 Å². The molecule has 0 radical (unpaired) electrons. The predicted octanol–water partition coefficient (Wildman–Crippen LogP) is 3.80. The second kappa shape index (κ2) is 8.09. The Morgan fingerprint density at radius 2 is 2.03 bits per heavy atom. The Hall–Kier alpha value is -3.57. The molecular weight excluding hydrogens is 436 g/mol. The van der Waals surface area contributed by atoms with Crippen molar-refractivity contribution in [3.05, 3.63) is 69.5 Å². The van der Waals surface area contributed by atoms with Crippen LogP contribution in [0.25, 0.3) is 0 Å². The average molecular weight is 461 g/mol. The van der Waals surface area contributed by atoms with Gasteiger partial charge in [0.05, 0.1) is 12.0 Å². The molecule has 7 nitrogen and oxygen atoms in total. The molecule has 1 aromatic carbocycles. The number of nitriles is 1. The Morgan fingerprint density at radius 3 is 2.82 bits per heavy atom. The lowest BCUT2D eigenvalue weighted by molar-refractivity contribution is -0.130. The molecule has 0 bridgehead atoms. The zero-order chi connectivity index (χ0) is 23.2. The third-order valence-corrected chi connectivity index (χ3v) is 7.68. The average Bonchev–Trinajstić information content (AvgIpc) is 3.34. The van der Waals surface area contributed by atoms with Gasteiger partial charge in [-0.25, -0.2) is 4.99 Å². The fourth-order valence-corrected chi connectivity index (χ4v) is 5.74. The number of hydrogen-bond acceptors (Lipinski definition) is 7. The third-order valence-electron chi connectivity index (χ3n) is 6.50. The van der Waals surface area contributed by atoms with E-state index in [1.54, 1.807) is 18.4 Å². The SMILES string of the molecule is CN1C(=O)[C@@H](c2ccc3c(c2)OCCO3)[C@@](C)(c2cc(C3C=CC=C(C#N)C3)cs2)N=C1N. The summed E-state index contributed by atoms with van der Waals surface area (Å²) >= 11 is 1.56. The van der Waals surface area contributed by atoms with E-state index < -0.39 is 11.5 Å². The van der Waals surface area contributed by atoms with Gasteiger partial charge in [-0.3, -0.25) is 9.69 Å². The van der Waals surface area contributed by atoms with E-state index in [2.05, 4.69) is 23.6 Å². The van der Waals surface area contributed by atoms with Gasteiger partial charge in [-0.15, -0.1) is 11.3 Å². The number of ether oxygens (including phenoxy) is 2. The summed E-state index contributed by atoms with van der Waals surface area (Å²) in [5.41, 5.74) is 7.96. The van der Waals surface area contributed by atoms with Crippen LogP contribution in [0.3, 0.4) is 0 Å². The number of amides is 1. The van der Waals surface area contributed by atoms with Crippen LogP contribution in [0.2, 0.25) is 0 Å². The normalized spacial score (nSPS) is 26.5. The zero-order valence-electron chi connectivity index (χ0n) is 18.4. The molecule has 5 rings (SSSR count). The number of rotatable bonds is 3. The van der Waals surface area contributed by atoms with Gasteiger partial charge in [-0.05, 0) is 54.1 Å². The molecule has 2 N–H and O–H groups in total. The summed E-state index contributed by atoms with van der Waals surface area (Å²) in [6, 6.07) is 9.98. The predicted molar refractivity (Wildman–Crippen MR) is 126 cm³/mol. The van der Waals surface area contributed by atoms with E-state index in [4.69, 9.17) is 20.2 Å². The molecule has 2 aliphatic heterocycles. The molecule has 1 unspecified atom stereocenters. The molecule has 2 aromatic rings. The van der Waals surface area contributed by atoms with E-state index in [9.17, 15) is 10.1 Å². The molecule has 3 atom stereocenters. The second-order valence-corrected chi connectivity index (χ2v) is 9.51. The Kier molecular flexibility index (Phi) is 5.22. The van der Waals surface area contributed by atoms with Crippen LogP contribution in [0.15, 0.2) is 58.4 Å². The molecule has 1 amide bonds. The van der Waals surface area contributed by atoms with Gasteiger partial charge < -0.3 is 15.2 Å². The van der Waals surface area contributed by atoms with Crippen molar-refractivity contribution in [3.63, 3.8) is 0 Å². The van der Waals surface area contributed by atoms with Crippen molar-refractivity contribution in [1.29, 1.82) is 5.26 Å². The highest BCUT2D eigenvalue weighted by molar-refractivity contribution is 7.10. The molecule has 0 spiro atoms. The molecule has 3 aliphatic rings. The summed E-state index contributed by atoms with van der Waals surface area (Å²) in [6.07, 6.45) is 6.55. The molecule has 1 aromatic heterocycles. The van der Waals surface area contributed by atoms with Gasteiger partial charge in [0, 0.05) is 23.4 Å². The van der Waals surface area contributed by atoms with Crippen LogP contribution in [0, 0.1) is 11.3 Å². The lowest BCUT2D eigenvalue weighted by Gasteiger charge is -2.40. The molecule has 8 heteroatoms. The summed E-state index contributed by atoms with van der Waals surface area (Å²) in [7, 11) is 1.65. The molecule has 0 saturated heterocycles. The van der Waals surface area contributed by atoms with E-state index in [0.717, 1.165) is 21.6 Å². The number of carbonyl (C=O) groups excluding carboxylic acids is 1. The molecule has 0 fully saturated rings. The van der Waals surface area contributed by atoms with Crippen LogP contribution in [-0.4, -0.2) is 37.0 Å². The highest BCUT2D eigenvalue weighted by Crippen LogP contribution is 2.48. The molecule has 33 heavy (non-hydrogen) atoms. The van der Waals surface area contributed by atoms with Gasteiger partial charge in [-0.1, -0.05) is 18.2 Å². The van der Waals surface area contributed by atoms with Gasteiger partial charge in [0.2, 0.25) is 5.91 Å². The number of nitrogens with zero attached hydrogens (tertiary/aromatic N) is 3. The van der Waals surface area contributed by atoms with Crippen LogP contribution >= 0.6 is 11.3 Å². The summed E-state index contributed by atoms with van der Waals surface area (Å²) in [5.74, 6) is 0.926. The Labute approximate surface area is 196 Å². The van der Waals surface area contributed by atoms with Gasteiger partial charge in [0.15, 0.2) is 17.5 Å². The first-order valence-electron chi connectivity index (χ1n) is 10.8. The summed E-state index contributed by atoms with van der Waals surface area (Å²) in [4.78, 5) is 20.7. The Balaban J connectivity index is 1.56. The number of benzene rings is 1. The number of fused-ring (bicyclic) bond motifs is 1. The van der Waals surface area contributed by atoms with Crippen molar-refractivity contribution in [2.45, 2.75) is 30.7 Å². The van der Waals surface area contributed by atoms with Crippen molar-refractivity contribution in [3.8, 4) is 17.6 Å². The van der Waals surface area contributed by atoms with Gasteiger partial charge >= 0.3 is 0 Å². The highest BCUT2D eigenvalue weighted by atomic mass is 32.1. The summed E-state index contributed by atoms with van der Waals surface area (Å²) in [5, 5.41) is 11.4. The maximum absolute atomic E-state index is 13.5. The molecule has 1 aliphatic carbocycles. The van der Waals surface area contributed by atoms with E-state index in [-0.39, 0.29) is 17.8 Å². The largest absolute Gasteiger partial charge is 0.486 e. The fourth-order valence-electron chi connectivity index (χ4n) is 4.63. The number of allylic oxidation sites excluding steroid dienone is 4. The van der Waals surface area contributed by atoms with Crippen molar-refractivity contribution < 1.29 is 14.3 Å². The monoisotopic (exact) mass is 460 g/mol. The quantitative estimate of drug-likeness (QED) is 0.751. The molecule has 0 saturated carbocycles. The molecular formula is C25H24N4O3S. The Morgan fingerprint density at radius 1 is 1.24 bits per heavy atom. The third kappa shape index (κ3) is 3.58. The minimum atomic E-state index is -0.882. The van der Waals surface area contributed by atoms with Gasteiger partial charge in [0.1, 0.15) is 18.8 Å². The summed E-state index contributed by atoms with van der Waals surface area (Å²) in [6.45, 7) is 2.94. The van der Waals surface area contributed by atoms with E-state index in [1.807, 2.05) is 37.3 Å². The van der Waals surface area contributed by atoms with Crippen molar-refractivity contribution in [2.75, 3.05) is 20.3 Å². The maximum Gasteiger partial charge on any atom is 0.239 e. The lowest BCUT2D eigenvalue weighted by Crippen LogP contribution is -2.52. The standard InChI is InChI=1S/C25H24N4O3S/c1-25(21-12-18(14-33-21)16-5-3-4-15(10-16)13-26)22(23(30)29(2)24(27)28-25)17-6-7-19-20(11-17)32-9-8-31-19/h3-7,11-12,14,16,22H,8-10H2,1-2H3,(H2,27,28)/t16?,22-,25-/m1/s1. The lowest BCUT2D eigenvalue weighted by atomic mass is 9.77. The second-order valence-electron chi connectivity index (χ2n) is 8.59. The van der Waals surface area contributed by atoms with Gasteiger partial charge in [0.25, 0.3) is 0 Å². The van der Waals surface area contributed by atoms with Crippen molar-refractivity contribution >= 4 is 23.2 Å². The first-order chi connectivity index (χ1) is 15.9. The topological polar surface area (TPSA) is 101 Å². The summed E-state index contributed by atoms with van der Waals surface area (Å²) < 4.78 is 11.4. The molecule has 3 heterocycles. The van der Waals surface area contributed by atoms with Gasteiger partial charge in [-0.2, -0.15) is 5.26 Å². The number of hydrogen-bond donors (Lipinski definition) is 1. The van der Waals surface area contributed by atoms with E-state index in [0.29, 0.717) is 31.1 Å². The van der Waals surface area contributed by atoms with Crippen LogP contribution in [0.4, 0.5) is 0 Å². The van der Waals surface area contributed by atoms with E-state index >= 15 is 0 Å².